The summed E-state index contributed by atoms with van der Waals surface area (Å²) in [5.74, 6) is 0. The highest BCUT2D eigenvalue weighted by atomic mass is 127. The second kappa shape index (κ2) is 4.84. The van der Waals surface area contributed by atoms with E-state index in [-0.39, 0.29) is 22.7 Å². The molecule has 0 amide bonds. The number of hydrogen-bond acceptors (Lipinski definition) is 2. The Bertz CT molecular complexity index is 390. The van der Waals surface area contributed by atoms with Crippen molar-refractivity contribution in [2.24, 2.45) is 0 Å². The molecule has 0 aliphatic heterocycles. The molecule has 0 saturated carbocycles. The number of alkyl halides is 2. The molecule has 0 fully saturated rings. The predicted octanol–water partition coefficient (Wildman–Crippen LogP) is 3.34. The van der Waals surface area contributed by atoms with Crippen molar-refractivity contribution in [3.8, 4) is 6.07 Å². The fourth-order valence-corrected chi connectivity index (χ4v) is 1.53. The Morgan fingerprint density at radius 1 is 1.64 bits per heavy atom. The maximum absolute atomic E-state index is 12.5. The number of halogens is 4. The largest absolute Gasteiger partial charge is 0.265 e. The van der Waals surface area contributed by atoms with E-state index in [9.17, 15) is 8.78 Å². The molecule has 2 nitrogen and oxygen atoms in total. The number of nitriles is 1. The molecule has 0 aliphatic carbocycles. The van der Waals surface area contributed by atoms with Gasteiger partial charge in [0.1, 0.15) is 3.70 Å². The van der Waals surface area contributed by atoms with Crippen LogP contribution in [0.3, 0.4) is 0 Å². The quantitative estimate of drug-likeness (QED) is 0.617. The summed E-state index contributed by atoms with van der Waals surface area (Å²) in [6.07, 6.45) is -2.78. The molecule has 6 heteroatoms. The SMILES string of the molecule is N#CCc1nc(I)c(Cl)cc1C(F)F. The summed E-state index contributed by atoms with van der Waals surface area (Å²) in [6, 6.07) is 2.94. The van der Waals surface area contributed by atoms with Gasteiger partial charge in [-0.2, -0.15) is 5.26 Å². The topological polar surface area (TPSA) is 36.7 Å². The number of hydrogen-bond donors (Lipinski definition) is 0. The molecule has 1 rings (SSSR count). The van der Waals surface area contributed by atoms with Crippen molar-refractivity contribution in [1.29, 1.82) is 5.26 Å². The summed E-state index contributed by atoms with van der Waals surface area (Å²) in [5.41, 5.74) is -0.173. The highest BCUT2D eigenvalue weighted by Crippen LogP contribution is 2.27. The fourth-order valence-electron chi connectivity index (χ4n) is 0.921. The molecule has 0 atom stereocenters. The fraction of sp³-hybridized carbons (Fsp3) is 0.250. The van der Waals surface area contributed by atoms with E-state index in [0.29, 0.717) is 3.70 Å². The summed E-state index contributed by atoms with van der Waals surface area (Å²) in [7, 11) is 0. The molecular formula is C8H4ClF2IN2. The number of rotatable bonds is 2. The van der Waals surface area contributed by atoms with E-state index in [1.807, 2.05) is 22.6 Å². The van der Waals surface area contributed by atoms with Crippen LogP contribution in [0.5, 0.6) is 0 Å². The standard InChI is InChI=1S/C8H4ClF2IN2/c9-5-3-4(7(10)11)6(1-2-13)14-8(5)12/h3,7H,1H2. The second-order valence-electron chi connectivity index (χ2n) is 2.43. The summed E-state index contributed by atoms with van der Waals surface area (Å²) in [5, 5.41) is 8.60. The van der Waals surface area contributed by atoms with E-state index >= 15 is 0 Å². The van der Waals surface area contributed by atoms with Crippen molar-refractivity contribution in [3.05, 3.63) is 26.0 Å². The first-order chi connectivity index (χ1) is 6.56. The van der Waals surface area contributed by atoms with Gasteiger partial charge in [-0.3, -0.25) is 0 Å². The Morgan fingerprint density at radius 2 is 2.29 bits per heavy atom. The average Bonchev–Trinajstić information content (AvgIpc) is 2.11. The average molecular weight is 328 g/mol. The van der Waals surface area contributed by atoms with Gasteiger partial charge < -0.3 is 0 Å². The van der Waals surface area contributed by atoms with Crippen LogP contribution in [0.2, 0.25) is 5.02 Å². The molecule has 74 valence electrons. The molecule has 14 heavy (non-hydrogen) atoms. The van der Waals surface area contributed by atoms with Crippen LogP contribution < -0.4 is 0 Å². The van der Waals surface area contributed by atoms with E-state index in [4.69, 9.17) is 16.9 Å². The lowest BCUT2D eigenvalue weighted by atomic mass is 10.1. The van der Waals surface area contributed by atoms with Crippen LogP contribution in [0.1, 0.15) is 17.7 Å². The first-order valence-electron chi connectivity index (χ1n) is 3.56. The van der Waals surface area contributed by atoms with Crippen molar-refractivity contribution in [2.45, 2.75) is 12.8 Å². The lowest BCUT2D eigenvalue weighted by molar-refractivity contribution is 0.150. The van der Waals surface area contributed by atoms with Crippen LogP contribution in [0.15, 0.2) is 6.07 Å². The van der Waals surface area contributed by atoms with Gasteiger partial charge in [0.2, 0.25) is 0 Å². The summed E-state index contributed by atoms with van der Waals surface area (Å²) < 4.78 is 25.3. The normalized spacial score (nSPS) is 10.3. The molecule has 0 aliphatic rings. The van der Waals surface area contributed by atoms with Gasteiger partial charge in [0.15, 0.2) is 0 Å². The van der Waals surface area contributed by atoms with Gasteiger partial charge in [-0.25, -0.2) is 13.8 Å². The maximum Gasteiger partial charge on any atom is 0.265 e. The van der Waals surface area contributed by atoms with Crippen LogP contribution >= 0.6 is 34.2 Å². The van der Waals surface area contributed by atoms with Crippen molar-refractivity contribution >= 4 is 34.2 Å². The minimum Gasteiger partial charge on any atom is -0.244 e. The lowest BCUT2D eigenvalue weighted by Gasteiger charge is -2.06. The van der Waals surface area contributed by atoms with Crippen LogP contribution in [0, 0.1) is 15.0 Å². The molecule has 0 radical (unpaired) electrons. The van der Waals surface area contributed by atoms with Gasteiger partial charge in [0.25, 0.3) is 6.43 Å². The maximum atomic E-state index is 12.5. The molecule has 1 heterocycles. The molecule has 0 N–H and O–H groups in total. The Hall–Kier alpha value is -0.480. The lowest BCUT2D eigenvalue weighted by Crippen LogP contribution is -2.00. The smallest absolute Gasteiger partial charge is 0.244 e. The Labute approximate surface area is 98.0 Å². The number of nitrogens with zero attached hydrogens (tertiary/aromatic N) is 2. The van der Waals surface area contributed by atoms with Crippen molar-refractivity contribution in [2.75, 3.05) is 0 Å². The molecule has 0 spiro atoms. The van der Waals surface area contributed by atoms with Crippen molar-refractivity contribution in [3.63, 3.8) is 0 Å². The minimum absolute atomic E-state index is 0.0938. The van der Waals surface area contributed by atoms with E-state index < -0.39 is 6.43 Å². The van der Waals surface area contributed by atoms with Crippen molar-refractivity contribution < 1.29 is 8.78 Å². The molecule has 0 aromatic carbocycles. The summed E-state index contributed by atoms with van der Waals surface area (Å²) in [4.78, 5) is 3.84. The first-order valence-corrected chi connectivity index (χ1v) is 5.02. The predicted molar refractivity (Wildman–Crippen MR) is 56.2 cm³/mol. The van der Waals surface area contributed by atoms with E-state index in [1.54, 1.807) is 6.07 Å². The second-order valence-corrected chi connectivity index (χ2v) is 3.86. The zero-order valence-corrected chi connectivity index (χ0v) is 9.68. The van der Waals surface area contributed by atoms with Gasteiger partial charge in [0, 0.05) is 5.56 Å². The third-order valence-electron chi connectivity index (χ3n) is 1.53. The van der Waals surface area contributed by atoms with Crippen LogP contribution in [0.25, 0.3) is 0 Å². The molecule has 1 aromatic heterocycles. The zero-order chi connectivity index (χ0) is 10.7. The van der Waals surface area contributed by atoms with E-state index in [0.717, 1.165) is 6.07 Å². The van der Waals surface area contributed by atoms with Crippen molar-refractivity contribution in [1.82, 2.24) is 4.98 Å². The molecule has 0 saturated heterocycles. The Morgan fingerprint density at radius 3 is 2.79 bits per heavy atom. The van der Waals surface area contributed by atoms with Crippen LogP contribution in [-0.2, 0) is 6.42 Å². The third-order valence-corrected chi connectivity index (χ3v) is 2.96. The monoisotopic (exact) mass is 328 g/mol. The molecule has 0 unspecified atom stereocenters. The summed E-state index contributed by atoms with van der Waals surface area (Å²) >= 11 is 7.48. The van der Waals surface area contributed by atoms with Gasteiger partial charge >= 0.3 is 0 Å². The summed E-state index contributed by atoms with van der Waals surface area (Å²) in [6.45, 7) is 0. The first kappa shape index (κ1) is 11.6. The minimum atomic E-state index is -2.65. The highest BCUT2D eigenvalue weighted by Gasteiger charge is 2.16. The molecule has 0 bridgehead atoms. The highest BCUT2D eigenvalue weighted by molar-refractivity contribution is 14.1. The van der Waals surface area contributed by atoms with E-state index in [1.165, 1.54) is 0 Å². The molecular weight excluding hydrogens is 324 g/mol. The van der Waals surface area contributed by atoms with Gasteiger partial charge in [-0.15, -0.1) is 0 Å². The van der Waals surface area contributed by atoms with E-state index in [2.05, 4.69) is 4.98 Å². The number of aromatic nitrogens is 1. The molecule has 1 aromatic rings. The van der Waals surface area contributed by atoms with Gasteiger partial charge in [0.05, 0.1) is 23.2 Å². The van der Waals surface area contributed by atoms with Crippen LogP contribution in [0.4, 0.5) is 8.78 Å². The Balaban J connectivity index is 3.25. The number of pyridine rings is 1. The third kappa shape index (κ3) is 2.51. The van der Waals surface area contributed by atoms with Gasteiger partial charge in [-0.05, 0) is 28.7 Å². The van der Waals surface area contributed by atoms with Crippen LogP contribution in [-0.4, -0.2) is 4.98 Å². The Kier molecular flexibility index (Phi) is 4.01. The zero-order valence-electron chi connectivity index (χ0n) is 6.77. The van der Waals surface area contributed by atoms with Gasteiger partial charge in [-0.1, -0.05) is 11.6 Å².